The predicted molar refractivity (Wildman–Crippen MR) is 73.9 cm³/mol. The maximum Gasteiger partial charge on any atom is 0.126 e. The van der Waals surface area contributed by atoms with Crippen LogP contribution in [0.2, 0.25) is 0 Å². The summed E-state index contributed by atoms with van der Waals surface area (Å²) in [6.45, 7) is 1.70. The Morgan fingerprint density at radius 1 is 1.22 bits per heavy atom. The molecule has 3 heteroatoms. The first-order chi connectivity index (χ1) is 8.58. The van der Waals surface area contributed by atoms with E-state index >= 15 is 0 Å². The van der Waals surface area contributed by atoms with Crippen molar-refractivity contribution in [1.29, 1.82) is 0 Å². The first kappa shape index (κ1) is 13.2. The highest BCUT2D eigenvalue weighted by atomic mass is 79.9. The number of benzene rings is 2. The predicted octanol–water partition coefficient (Wildman–Crippen LogP) is 4.17. The van der Waals surface area contributed by atoms with Gasteiger partial charge < -0.3 is 5.11 Å². The molecule has 0 saturated heterocycles. The van der Waals surface area contributed by atoms with Crippen LogP contribution >= 0.6 is 15.9 Å². The molecule has 94 valence electrons. The summed E-state index contributed by atoms with van der Waals surface area (Å²) < 4.78 is 14.1. The molecule has 1 nitrogen and oxygen atoms in total. The number of halogens is 2. The lowest BCUT2D eigenvalue weighted by Gasteiger charge is -2.13. The number of aliphatic hydroxyl groups excluding tert-OH is 1. The summed E-state index contributed by atoms with van der Waals surface area (Å²) in [6, 6.07) is 12.5. The van der Waals surface area contributed by atoms with E-state index in [1.165, 1.54) is 6.07 Å². The van der Waals surface area contributed by atoms with Gasteiger partial charge in [-0.3, -0.25) is 0 Å². The third-order valence-corrected chi connectivity index (χ3v) is 3.71. The minimum Gasteiger partial charge on any atom is -0.388 e. The van der Waals surface area contributed by atoms with Gasteiger partial charge in [0.2, 0.25) is 0 Å². The monoisotopic (exact) mass is 308 g/mol. The van der Waals surface area contributed by atoms with Gasteiger partial charge in [0.25, 0.3) is 0 Å². The highest BCUT2D eigenvalue weighted by molar-refractivity contribution is 9.10. The maximum atomic E-state index is 13.2. The fraction of sp³-hybridized carbons (Fsp3) is 0.200. The number of rotatable bonds is 3. The Balaban J connectivity index is 2.19. The van der Waals surface area contributed by atoms with E-state index in [4.69, 9.17) is 0 Å². The second kappa shape index (κ2) is 5.63. The van der Waals surface area contributed by atoms with Crippen molar-refractivity contribution >= 4 is 15.9 Å². The molecular weight excluding hydrogens is 295 g/mol. The van der Waals surface area contributed by atoms with Crippen LogP contribution in [0.1, 0.15) is 22.8 Å². The van der Waals surface area contributed by atoms with E-state index in [0.717, 1.165) is 15.6 Å². The summed E-state index contributed by atoms with van der Waals surface area (Å²) in [7, 11) is 0. The third-order valence-electron chi connectivity index (χ3n) is 2.94. The van der Waals surface area contributed by atoms with Crippen molar-refractivity contribution in [2.24, 2.45) is 0 Å². The number of hydrogen-bond acceptors (Lipinski definition) is 1. The van der Waals surface area contributed by atoms with Gasteiger partial charge >= 0.3 is 0 Å². The van der Waals surface area contributed by atoms with E-state index in [2.05, 4.69) is 15.9 Å². The van der Waals surface area contributed by atoms with Crippen LogP contribution in [0.5, 0.6) is 0 Å². The summed E-state index contributed by atoms with van der Waals surface area (Å²) in [5, 5.41) is 10.2. The second-order valence-electron chi connectivity index (χ2n) is 4.32. The Morgan fingerprint density at radius 3 is 2.61 bits per heavy atom. The molecule has 2 rings (SSSR count). The van der Waals surface area contributed by atoms with Gasteiger partial charge in [-0.1, -0.05) is 46.3 Å². The van der Waals surface area contributed by atoms with Gasteiger partial charge in [-0.15, -0.1) is 0 Å². The molecule has 0 aliphatic heterocycles. The molecule has 2 aromatic rings. The van der Waals surface area contributed by atoms with Gasteiger partial charge in [0, 0.05) is 10.9 Å². The van der Waals surface area contributed by atoms with Crippen molar-refractivity contribution in [3.63, 3.8) is 0 Å². The van der Waals surface area contributed by atoms with Crippen LogP contribution in [0.4, 0.5) is 4.39 Å². The molecule has 0 saturated carbocycles. The molecule has 0 bridgehead atoms. The molecule has 0 aliphatic carbocycles. The lowest BCUT2D eigenvalue weighted by molar-refractivity contribution is 0.178. The zero-order valence-electron chi connectivity index (χ0n) is 10.0. The first-order valence-corrected chi connectivity index (χ1v) is 6.55. The maximum absolute atomic E-state index is 13.2. The largest absolute Gasteiger partial charge is 0.388 e. The highest BCUT2D eigenvalue weighted by Crippen LogP contribution is 2.24. The minimum absolute atomic E-state index is 0.244. The normalized spacial score (nSPS) is 12.4. The SMILES string of the molecule is Cc1cc(C(O)Cc2ccccc2Br)ccc1F. The van der Waals surface area contributed by atoms with Crippen LogP contribution < -0.4 is 0 Å². The second-order valence-corrected chi connectivity index (χ2v) is 5.17. The van der Waals surface area contributed by atoms with Crippen molar-refractivity contribution in [3.8, 4) is 0 Å². The van der Waals surface area contributed by atoms with Gasteiger partial charge in [-0.25, -0.2) is 4.39 Å². The van der Waals surface area contributed by atoms with E-state index in [0.29, 0.717) is 12.0 Å². The van der Waals surface area contributed by atoms with E-state index in [1.807, 2.05) is 24.3 Å². The summed E-state index contributed by atoms with van der Waals surface area (Å²) in [6.07, 6.45) is -0.116. The van der Waals surface area contributed by atoms with Crippen LogP contribution in [-0.2, 0) is 6.42 Å². The van der Waals surface area contributed by atoms with Crippen LogP contribution in [0.3, 0.4) is 0 Å². The Labute approximate surface area is 114 Å². The van der Waals surface area contributed by atoms with Crippen molar-refractivity contribution in [1.82, 2.24) is 0 Å². The highest BCUT2D eigenvalue weighted by Gasteiger charge is 2.11. The summed E-state index contributed by atoms with van der Waals surface area (Å²) >= 11 is 3.45. The molecule has 0 aliphatic rings. The van der Waals surface area contributed by atoms with E-state index in [9.17, 15) is 9.50 Å². The number of hydrogen-bond donors (Lipinski definition) is 1. The minimum atomic E-state index is -0.622. The van der Waals surface area contributed by atoms with Gasteiger partial charge in [-0.05, 0) is 35.7 Å². The average molecular weight is 309 g/mol. The lowest BCUT2D eigenvalue weighted by Crippen LogP contribution is -2.03. The molecular formula is C15H14BrFO. The quantitative estimate of drug-likeness (QED) is 0.902. The molecule has 1 atom stereocenters. The van der Waals surface area contributed by atoms with Crippen molar-refractivity contribution in [2.45, 2.75) is 19.4 Å². The van der Waals surface area contributed by atoms with Crippen LogP contribution in [-0.4, -0.2) is 5.11 Å². The summed E-state index contributed by atoms with van der Waals surface area (Å²) in [4.78, 5) is 0. The van der Waals surface area contributed by atoms with Gasteiger partial charge in [0.15, 0.2) is 0 Å². The third kappa shape index (κ3) is 2.98. The Kier molecular flexibility index (Phi) is 4.15. The van der Waals surface area contributed by atoms with Gasteiger partial charge in [0.05, 0.1) is 6.10 Å². The van der Waals surface area contributed by atoms with Crippen molar-refractivity contribution in [2.75, 3.05) is 0 Å². The number of aryl methyl sites for hydroxylation is 1. The summed E-state index contributed by atoms with van der Waals surface area (Å²) in [5.74, 6) is -0.244. The average Bonchev–Trinajstić information content (AvgIpc) is 2.35. The van der Waals surface area contributed by atoms with E-state index < -0.39 is 6.10 Å². The molecule has 1 N–H and O–H groups in total. The lowest BCUT2D eigenvalue weighted by atomic mass is 10.00. The molecule has 1 unspecified atom stereocenters. The van der Waals surface area contributed by atoms with E-state index in [1.54, 1.807) is 19.1 Å². The molecule has 0 fully saturated rings. The van der Waals surface area contributed by atoms with Gasteiger partial charge in [-0.2, -0.15) is 0 Å². The zero-order valence-corrected chi connectivity index (χ0v) is 11.6. The van der Waals surface area contributed by atoms with Crippen LogP contribution in [0, 0.1) is 12.7 Å². The van der Waals surface area contributed by atoms with E-state index in [-0.39, 0.29) is 5.82 Å². The molecule has 0 heterocycles. The fourth-order valence-electron chi connectivity index (χ4n) is 1.87. The topological polar surface area (TPSA) is 20.2 Å². The fourth-order valence-corrected chi connectivity index (χ4v) is 2.31. The first-order valence-electron chi connectivity index (χ1n) is 5.75. The molecule has 2 aromatic carbocycles. The number of aliphatic hydroxyl groups is 1. The molecule has 0 spiro atoms. The molecule has 0 radical (unpaired) electrons. The standard InChI is InChI=1S/C15H14BrFO/c1-10-8-12(6-7-14(10)17)15(18)9-11-4-2-3-5-13(11)16/h2-8,15,18H,9H2,1H3. The van der Waals surface area contributed by atoms with Gasteiger partial charge in [0.1, 0.15) is 5.82 Å². The smallest absolute Gasteiger partial charge is 0.126 e. The van der Waals surface area contributed by atoms with Crippen molar-refractivity contribution < 1.29 is 9.50 Å². The molecule has 0 amide bonds. The Hall–Kier alpha value is -1.19. The van der Waals surface area contributed by atoms with Crippen LogP contribution in [0.15, 0.2) is 46.9 Å². The molecule has 0 aromatic heterocycles. The Morgan fingerprint density at radius 2 is 1.94 bits per heavy atom. The summed E-state index contributed by atoms with van der Waals surface area (Å²) in [5.41, 5.74) is 2.33. The van der Waals surface area contributed by atoms with Crippen molar-refractivity contribution in [3.05, 3.63) is 69.4 Å². The molecule has 18 heavy (non-hydrogen) atoms. The zero-order chi connectivity index (χ0) is 13.1. The Bertz CT molecular complexity index is 554. The van der Waals surface area contributed by atoms with Crippen LogP contribution in [0.25, 0.3) is 0 Å².